The summed E-state index contributed by atoms with van der Waals surface area (Å²) >= 11 is 4.94. The van der Waals surface area contributed by atoms with E-state index in [0.29, 0.717) is 11.3 Å². The molecule has 8 nitrogen and oxygen atoms in total. The molecular weight excluding hydrogens is 294 g/mol. The lowest BCUT2D eigenvalue weighted by Gasteiger charge is -2.07. The van der Waals surface area contributed by atoms with Crippen molar-refractivity contribution in [2.45, 2.75) is 20.5 Å². The van der Waals surface area contributed by atoms with Crippen molar-refractivity contribution in [2.75, 3.05) is 0 Å². The normalized spacial score (nSPS) is 11.2. The molecule has 0 aliphatic carbocycles. The van der Waals surface area contributed by atoms with Crippen molar-refractivity contribution < 1.29 is 10.2 Å². The highest BCUT2D eigenvalue weighted by atomic mass is 32.1. The fourth-order valence-corrected chi connectivity index (χ4v) is 1.79. The molecule has 110 valence electrons. The number of nitrogens with one attached hydrogen (secondary N) is 1. The summed E-state index contributed by atoms with van der Waals surface area (Å²) in [4.78, 5) is 15.8. The number of aromatic nitrogens is 4. The Hall–Kier alpha value is -2.39. The van der Waals surface area contributed by atoms with Crippen LogP contribution in [-0.4, -0.2) is 36.3 Å². The summed E-state index contributed by atoms with van der Waals surface area (Å²) in [5.41, 5.74) is 0.789. The van der Waals surface area contributed by atoms with Gasteiger partial charge in [-0.15, -0.1) is 0 Å². The van der Waals surface area contributed by atoms with Gasteiger partial charge in [-0.1, -0.05) is 0 Å². The Labute approximate surface area is 124 Å². The fourth-order valence-electron chi connectivity index (χ4n) is 1.62. The summed E-state index contributed by atoms with van der Waals surface area (Å²) in [5, 5.41) is 29.4. The predicted molar refractivity (Wildman–Crippen MR) is 78.0 cm³/mol. The number of aromatic amines is 1. The quantitative estimate of drug-likeness (QED) is 0.558. The van der Waals surface area contributed by atoms with Crippen molar-refractivity contribution in [3.63, 3.8) is 0 Å². The summed E-state index contributed by atoms with van der Waals surface area (Å²) in [6.07, 6.45) is 2.68. The molecule has 0 aromatic carbocycles. The minimum Gasteiger partial charge on any atom is -0.505 e. The Morgan fingerprint density at radius 3 is 2.86 bits per heavy atom. The number of H-pyrrole nitrogens is 1. The van der Waals surface area contributed by atoms with Crippen LogP contribution in [0.3, 0.4) is 0 Å². The lowest BCUT2D eigenvalue weighted by molar-refractivity contribution is 0.280. The average molecular weight is 307 g/mol. The van der Waals surface area contributed by atoms with Gasteiger partial charge in [-0.05, 0) is 26.1 Å². The molecule has 0 radical (unpaired) electrons. The summed E-state index contributed by atoms with van der Waals surface area (Å²) in [5.74, 6) is -0.112. The van der Waals surface area contributed by atoms with E-state index in [1.807, 2.05) is 0 Å². The molecule has 0 bridgehead atoms. The Balaban J connectivity index is 2.58. The number of aromatic hydroxyl groups is 1. The van der Waals surface area contributed by atoms with Gasteiger partial charge in [-0.25, -0.2) is 0 Å². The fraction of sp³-hybridized carbons (Fsp3) is 0.250. The van der Waals surface area contributed by atoms with Crippen LogP contribution in [0.1, 0.15) is 22.5 Å². The zero-order valence-corrected chi connectivity index (χ0v) is 12.2. The highest BCUT2D eigenvalue weighted by Crippen LogP contribution is 2.21. The van der Waals surface area contributed by atoms with Crippen LogP contribution in [0.25, 0.3) is 0 Å². The third-order valence-corrected chi connectivity index (χ3v) is 3.11. The number of hydrogen-bond acceptors (Lipinski definition) is 7. The minimum absolute atomic E-state index is 0.0256. The van der Waals surface area contributed by atoms with E-state index in [-0.39, 0.29) is 28.4 Å². The van der Waals surface area contributed by atoms with Crippen LogP contribution >= 0.6 is 12.2 Å². The number of pyridine rings is 1. The first-order valence-electron chi connectivity index (χ1n) is 5.96. The second-order valence-corrected chi connectivity index (χ2v) is 4.65. The van der Waals surface area contributed by atoms with Gasteiger partial charge in [0.05, 0.1) is 18.5 Å². The van der Waals surface area contributed by atoms with E-state index in [1.165, 1.54) is 19.3 Å². The molecule has 9 heteroatoms. The molecule has 0 atom stereocenters. The number of rotatable bonds is 3. The van der Waals surface area contributed by atoms with Crippen LogP contribution < -0.4 is 5.56 Å². The third-order valence-electron chi connectivity index (χ3n) is 2.84. The molecule has 0 unspecified atom stereocenters. The van der Waals surface area contributed by atoms with Crippen molar-refractivity contribution in [2.24, 2.45) is 5.10 Å². The topological polar surface area (TPSA) is 116 Å². The van der Waals surface area contributed by atoms with Crippen LogP contribution in [0.15, 0.2) is 16.1 Å². The van der Waals surface area contributed by atoms with Gasteiger partial charge in [0.2, 0.25) is 4.77 Å². The Morgan fingerprint density at radius 2 is 2.19 bits per heavy atom. The molecule has 3 N–H and O–H groups in total. The maximum Gasteiger partial charge on any atom is 0.296 e. The molecular formula is C12H13N5O3S. The average Bonchev–Trinajstić information content (AvgIpc) is 2.47. The van der Waals surface area contributed by atoms with E-state index in [4.69, 9.17) is 12.2 Å². The Kier molecular flexibility index (Phi) is 4.24. The number of hydrogen-bond donors (Lipinski definition) is 3. The van der Waals surface area contributed by atoms with Crippen molar-refractivity contribution in [3.8, 4) is 5.75 Å². The van der Waals surface area contributed by atoms with Gasteiger partial charge >= 0.3 is 0 Å². The molecule has 0 saturated heterocycles. The SMILES string of the molecule is Cc1ncc(CO)c(/C=N/n2c(=S)[nH]nc(C)c2=O)c1O. The second kappa shape index (κ2) is 5.94. The van der Waals surface area contributed by atoms with Crippen LogP contribution in [0.5, 0.6) is 5.75 Å². The predicted octanol–water partition coefficient (Wildman–Crippen LogP) is 0.393. The van der Waals surface area contributed by atoms with E-state index in [2.05, 4.69) is 20.3 Å². The zero-order valence-electron chi connectivity index (χ0n) is 11.4. The first-order valence-corrected chi connectivity index (χ1v) is 6.37. The number of nitrogens with zero attached hydrogens (tertiary/aromatic N) is 4. The molecule has 0 amide bonds. The van der Waals surface area contributed by atoms with E-state index >= 15 is 0 Å². The second-order valence-electron chi connectivity index (χ2n) is 4.26. The van der Waals surface area contributed by atoms with Crippen LogP contribution in [0.2, 0.25) is 0 Å². The number of aryl methyl sites for hydroxylation is 2. The standard InChI is InChI=1S/C12H13N5O3S/c1-6-10(19)9(8(5-18)3-13-6)4-14-17-11(20)7(2)15-16-12(17)21/h3-4,18-19H,5H2,1-2H3,(H,16,21)/b14-4+. The highest BCUT2D eigenvalue weighted by molar-refractivity contribution is 7.71. The summed E-state index contributed by atoms with van der Waals surface area (Å²) in [6, 6.07) is 0. The van der Waals surface area contributed by atoms with E-state index in [9.17, 15) is 15.0 Å². The monoisotopic (exact) mass is 307 g/mol. The minimum atomic E-state index is -0.467. The van der Waals surface area contributed by atoms with Gasteiger partial charge in [0.25, 0.3) is 5.56 Å². The largest absolute Gasteiger partial charge is 0.505 e. The van der Waals surface area contributed by atoms with E-state index < -0.39 is 5.56 Å². The van der Waals surface area contributed by atoms with Gasteiger partial charge in [-0.3, -0.25) is 14.9 Å². The van der Waals surface area contributed by atoms with Crippen LogP contribution in [0, 0.1) is 18.6 Å². The van der Waals surface area contributed by atoms with Gasteiger partial charge in [0.15, 0.2) is 0 Å². The van der Waals surface area contributed by atoms with Crippen molar-refractivity contribution >= 4 is 18.4 Å². The third kappa shape index (κ3) is 2.88. The number of aliphatic hydroxyl groups is 1. The Morgan fingerprint density at radius 1 is 1.48 bits per heavy atom. The maximum atomic E-state index is 11.9. The molecule has 2 aromatic heterocycles. The van der Waals surface area contributed by atoms with Crippen molar-refractivity contribution in [3.05, 3.63) is 43.8 Å². The molecule has 0 saturated carbocycles. The molecule has 0 spiro atoms. The molecule has 2 rings (SSSR count). The molecule has 2 aromatic rings. The first-order chi connectivity index (χ1) is 9.95. The van der Waals surface area contributed by atoms with Crippen molar-refractivity contribution in [1.82, 2.24) is 19.9 Å². The lowest BCUT2D eigenvalue weighted by atomic mass is 10.1. The van der Waals surface area contributed by atoms with Gasteiger partial charge < -0.3 is 10.2 Å². The van der Waals surface area contributed by atoms with Gasteiger partial charge in [-0.2, -0.15) is 14.9 Å². The smallest absolute Gasteiger partial charge is 0.296 e. The Bertz CT molecular complexity index is 825. The van der Waals surface area contributed by atoms with Crippen LogP contribution in [0.4, 0.5) is 0 Å². The number of aliphatic hydroxyl groups excluding tert-OH is 1. The summed E-state index contributed by atoms with van der Waals surface area (Å²) in [7, 11) is 0. The lowest BCUT2D eigenvalue weighted by Crippen LogP contribution is -2.22. The zero-order chi connectivity index (χ0) is 15.6. The van der Waals surface area contributed by atoms with E-state index in [1.54, 1.807) is 6.92 Å². The van der Waals surface area contributed by atoms with E-state index in [0.717, 1.165) is 4.68 Å². The molecule has 0 fully saturated rings. The molecule has 2 heterocycles. The first kappa shape index (κ1) is 15.0. The summed E-state index contributed by atoms with van der Waals surface area (Å²) < 4.78 is 0.978. The highest BCUT2D eigenvalue weighted by Gasteiger charge is 2.10. The summed E-state index contributed by atoms with van der Waals surface area (Å²) in [6.45, 7) is 2.81. The molecule has 21 heavy (non-hydrogen) atoms. The van der Waals surface area contributed by atoms with Crippen LogP contribution in [-0.2, 0) is 6.61 Å². The maximum absolute atomic E-state index is 11.9. The van der Waals surface area contributed by atoms with Gasteiger partial charge in [0.1, 0.15) is 11.4 Å². The van der Waals surface area contributed by atoms with Crippen molar-refractivity contribution in [1.29, 1.82) is 0 Å². The molecule has 0 aliphatic heterocycles. The van der Waals surface area contributed by atoms with Gasteiger partial charge in [0, 0.05) is 17.3 Å². The molecule has 0 aliphatic rings.